The summed E-state index contributed by atoms with van der Waals surface area (Å²) in [6, 6.07) is 7.42. The van der Waals surface area contributed by atoms with Gasteiger partial charge in [0.15, 0.2) is 0 Å². The van der Waals surface area contributed by atoms with E-state index < -0.39 is 0 Å². The van der Waals surface area contributed by atoms with Crippen LogP contribution in [0.25, 0.3) is 11.1 Å². The molecular formula is C12H12N4. The second kappa shape index (κ2) is 4.10. The van der Waals surface area contributed by atoms with Gasteiger partial charge in [-0.15, -0.1) is 0 Å². The molecule has 0 spiro atoms. The van der Waals surface area contributed by atoms with Crippen molar-refractivity contribution in [3.05, 3.63) is 42.2 Å². The van der Waals surface area contributed by atoms with Crippen LogP contribution in [0.5, 0.6) is 0 Å². The Morgan fingerprint density at radius 2 is 2.12 bits per heavy atom. The molecule has 1 aromatic heterocycles. The molecule has 0 saturated carbocycles. The van der Waals surface area contributed by atoms with Crippen molar-refractivity contribution in [2.75, 3.05) is 5.73 Å². The Morgan fingerprint density at radius 1 is 1.31 bits per heavy atom. The number of aromatic nitrogens is 1. The van der Waals surface area contributed by atoms with Crippen molar-refractivity contribution in [1.82, 2.24) is 4.98 Å². The third-order valence-corrected chi connectivity index (χ3v) is 2.50. The first-order valence-electron chi connectivity index (χ1n) is 4.90. The predicted molar refractivity (Wildman–Crippen MR) is 63.6 cm³/mol. The number of aryl methyl sites for hydroxylation is 1. The van der Waals surface area contributed by atoms with Crippen molar-refractivity contribution in [3.8, 4) is 11.1 Å². The lowest BCUT2D eigenvalue weighted by atomic mass is 10.0. The summed E-state index contributed by atoms with van der Waals surface area (Å²) in [5.41, 5.74) is 16.9. The number of nitrogens with zero attached hydrogens (tertiary/aromatic N) is 2. The molecule has 2 aromatic rings. The van der Waals surface area contributed by atoms with Gasteiger partial charge in [0, 0.05) is 18.0 Å². The van der Waals surface area contributed by atoms with Crippen molar-refractivity contribution in [2.24, 2.45) is 5.11 Å². The van der Waals surface area contributed by atoms with Gasteiger partial charge < -0.3 is 5.73 Å². The molecule has 0 saturated heterocycles. The first-order valence-corrected chi connectivity index (χ1v) is 4.90. The monoisotopic (exact) mass is 212 g/mol. The van der Waals surface area contributed by atoms with E-state index in [1.165, 1.54) is 0 Å². The second-order valence-electron chi connectivity index (χ2n) is 3.58. The molecule has 16 heavy (non-hydrogen) atoms. The van der Waals surface area contributed by atoms with Crippen LogP contribution in [0.15, 0.2) is 41.8 Å². The van der Waals surface area contributed by atoms with Gasteiger partial charge in [0.2, 0.25) is 0 Å². The normalized spacial score (nSPS) is 10.1. The molecule has 4 heteroatoms. The molecule has 0 atom stereocenters. The third kappa shape index (κ3) is 1.77. The maximum atomic E-state index is 7.03. The number of nitrogen functional groups attached to an aromatic ring is 1. The van der Waals surface area contributed by atoms with Gasteiger partial charge in [-0.1, -0.05) is 6.07 Å². The molecule has 4 nitrogen and oxygen atoms in total. The molecule has 80 valence electrons. The van der Waals surface area contributed by atoms with Crippen molar-refractivity contribution in [1.29, 1.82) is 5.53 Å². The number of anilines is 1. The molecule has 0 radical (unpaired) electrons. The SMILES string of the molecule is Cc1ccncc1-c1ccc(N)c(N=N)c1. The molecule has 0 fully saturated rings. The van der Waals surface area contributed by atoms with E-state index in [1.54, 1.807) is 24.5 Å². The van der Waals surface area contributed by atoms with Gasteiger partial charge in [-0.2, -0.15) is 5.11 Å². The number of pyridine rings is 1. The fraction of sp³-hybridized carbons (Fsp3) is 0.0833. The summed E-state index contributed by atoms with van der Waals surface area (Å²) >= 11 is 0. The Kier molecular flexibility index (Phi) is 2.64. The molecule has 0 aliphatic carbocycles. The Hall–Kier alpha value is -2.23. The molecular weight excluding hydrogens is 200 g/mol. The fourth-order valence-electron chi connectivity index (χ4n) is 1.57. The van der Waals surface area contributed by atoms with E-state index in [2.05, 4.69) is 10.1 Å². The van der Waals surface area contributed by atoms with Gasteiger partial charge in [0.25, 0.3) is 0 Å². The Balaban J connectivity index is 2.57. The second-order valence-corrected chi connectivity index (χ2v) is 3.58. The van der Waals surface area contributed by atoms with Crippen molar-refractivity contribution in [3.63, 3.8) is 0 Å². The third-order valence-electron chi connectivity index (χ3n) is 2.50. The summed E-state index contributed by atoms with van der Waals surface area (Å²) in [4.78, 5) is 4.09. The number of benzene rings is 1. The largest absolute Gasteiger partial charge is 0.397 e. The zero-order chi connectivity index (χ0) is 11.5. The molecule has 1 heterocycles. The summed E-state index contributed by atoms with van der Waals surface area (Å²) in [5, 5.41) is 3.39. The lowest BCUT2D eigenvalue weighted by Gasteiger charge is -2.06. The lowest BCUT2D eigenvalue weighted by Crippen LogP contribution is -1.88. The van der Waals surface area contributed by atoms with Crippen LogP contribution < -0.4 is 5.73 Å². The molecule has 0 aliphatic rings. The van der Waals surface area contributed by atoms with Crippen LogP contribution in [0.3, 0.4) is 0 Å². The van der Waals surface area contributed by atoms with E-state index >= 15 is 0 Å². The molecule has 0 unspecified atom stereocenters. The highest BCUT2D eigenvalue weighted by Gasteiger charge is 2.04. The fourth-order valence-corrected chi connectivity index (χ4v) is 1.57. The van der Waals surface area contributed by atoms with Crippen LogP contribution in [-0.4, -0.2) is 4.98 Å². The topological polar surface area (TPSA) is 75.1 Å². The van der Waals surface area contributed by atoms with Gasteiger partial charge >= 0.3 is 0 Å². The van der Waals surface area contributed by atoms with Crippen LogP contribution in [-0.2, 0) is 0 Å². The highest BCUT2D eigenvalue weighted by atomic mass is 15.0. The Morgan fingerprint density at radius 3 is 2.81 bits per heavy atom. The minimum absolute atomic E-state index is 0.487. The maximum Gasteiger partial charge on any atom is 0.108 e. The Labute approximate surface area is 93.6 Å². The molecule has 0 aliphatic heterocycles. The van der Waals surface area contributed by atoms with Gasteiger partial charge in [0.05, 0.1) is 5.69 Å². The van der Waals surface area contributed by atoms with E-state index in [-0.39, 0.29) is 0 Å². The zero-order valence-corrected chi connectivity index (χ0v) is 8.94. The molecule has 2 rings (SSSR count). The summed E-state index contributed by atoms with van der Waals surface area (Å²) in [6.07, 6.45) is 3.56. The number of nitrogens with two attached hydrogens (primary N) is 1. The van der Waals surface area contributed by atoms with Crippen LogP contribution in [0.1, 0.15) is 5.56 Å². The molecule has 1 aromatic carbocycles. The molecule has 3 N–H and O–H groups in total. The highest BCUT2D eigenvalue weighted by molar-refractivity contribution is 5.75. The van der Waals surface area contributed by atoms with E-state index in [0.29, 0.717) is 11.4 Å². The summed E-state index contributed by atoms with van der Waals surface area (Å²) in [5.74, 6) is 0. The number of rotatable bonds is 2. The minimum atomic E-state index is 0.487. The number of hydrogen-bond acceptors (Lipinski definition) is 4. The smallest absolute Gasteiger partial charge is 0.108 e. The standard InChI is InChI=1S/C12H12N4/c1-8-4-5-15-7-10(8)9-2-3-11(13)12(6-9)16-14/h2-7,14H,13H2,1H3. The molecule has 0 amide bonds. The van der Waals surface area contributed by atoms with E-state index in [0.717, 1.165) is 16.7 Å². The maximum absolute atomic E-state index is 7.03. The average molecular weight is 212 g/mol. The van der Waals surface area contributed by atoms with Crippen LogP contribution in [0, 0.1) is 12.5 Å². The summed E-state index contributed by atoms with van der Waals surface area (Å²) in [6.45, 7) is 2.02. The Bertz CT molecular complexity index is 534. The van der Waals surface area contributed by atoms with E-state index in [4.69, 9.17) is 11.3 Å². The van der Waals surface area contributed by atoms with E-state index in [9.17, 15) is 0 Å². The average Bonchev–Trinajstić information content (AvgIpc) is 2.31. The van der Waals surface area contributed by atoms with Crippen molar-refractivity contribution >= 4 is 11.4 Å². The van der Waals surface area contributed by atoms with E-state index in [1.807, 2.05) is 19.1 Å². The summed E-state index contributed by atoms with van der Waals surface area (Å²) < 4.78 is 0. The number of nitrogens with one attached hydrogen (secondary N) is 1. The zero-order valence-electron chi connectivity index (χ0n) is 8.94. The predicted octanol–water partition coefficient (Wildman–Crippen LogP) is 3.30. The number of hydrogen-bond donors (Lipinski definition) is 2. The molecule has 0 bridgehead atoms. The first-order chi connectivity index (χ1) is 7.72. The van der Waals surface area contributed by atoms with Crippen molar-refractivity contribution in [2.45, 2.75) is 6.92 Å². The first kappa shape index (κ1) is 10.3. The quantitative estimate of drug-likeness (QED) is 0.592. The minimum Gasteiger partial charge on any atom is -0.397 e. The van der Waals surface area contributed by atoms with Gasteiger partial charge in [-0.3, -0.25) is 4.98 Å². The van der Waals surface area contributed by atoms with Crippen LogP contribution >= 0.6 is 0 Å². The lowest BCUT2D eigenvalue weighted by molar-refractivity contribution is 1.15. The van der Waals surface area contributed by atoms with Crippen molar-refractivity contribution < 1.29 is 0 Å². The van der Waals surface area contributed by atoms with Gasteiger partial charge in [-0.05, 0) is 36.2 Å². The van der Waals surface area contributed by atoms with Crippen LogP contribution in [0.4, 0.5) is 11.4 Å². The van der Waals surface area contributed by atoms with Crippen LogP contribution in [0.2, 0.25) is 0 Å². The highest BCUT2D eigenvalue weighted by Crippen LogP contribution is 2.30. The summed E-state index contributed by atoms with van der Waals surface area (Å²) in [7, 11) is 0. The van der Waals surface area contributed by atoms with Gasteiger partial charge in [0.1, 0.15) is 5.69 Å². The van der Waals surface area contributed by atoms with Gasteiger partial charge in [-0.25, -0.2) is 5.53 Å².